The largest absolute Gasteiger partial charge is 0.295 e. The summed E-state index contributed by atoms with van der Waals surface area (Å²) in [7, 11) is 0. The molecule has 4 nitrogen and oxygen atoms in total. The van der Waals surface area contributed by atoms with Crippen LogP contribution in [-0.2, 0) is 19.8 Å². The molecule has 1 aromatic carbocycles. The van der Waals surface area contributed by atoms with Crippen molar-refractivity contribution in [1.82, 2.24) is 19.2 Å². The summed E-state index contributed by atoms with van der Waals surface area (Å²) in [6.07, 6.45) is 2.53. The monoisotopic (exact) mass is 438 g/mol. The molecule has 29 heavy (non-hydrogen) atoms. The van der Waals surface area contributed by atoms with Gasteiger partial charge in [-0.05, 0) is 53.5 Å². The van der Waals surface area contributed by atoms with Gasteiger partial charge in [0.2, 0.25) is 0 Å². The van der Waals surface area contributed by atoms with Crippen LogP contribution in [0.2, 0.25) is 0 Å². The maximum atomic E-state index is 5.90. The minimum absolute atomic E-state index is 0.642. The van der Waals surface area contributed by atoms with Crippen LogP contribution in [0.15, 0.2) is 65.4 Å². The number of benzene rings is 1. The van der Waals surface area contributed by atoms with Crippen molar-refractivity contribution < 1.29 is 0 Å². The molecular formula is C22H22N4S3. The molecule has 148 valence electrons. The van der Waals surface area contributed by atoms with Crippen LogP contribution in [0.25, 0.3) is 10.7 Å². The predicted octanol–water partition coefficient (Wildman–Crippen LogP) is 5.87. The molecule has 1 aliphatic rings. The number of hydrogen-bond donors (Lipinski definition) is 0. The lowest BCUT2D eigenvalue weighted by Gasteiger charge is -2.20. The van der Waals surface area contributed by atoms with Gasteiger partial charge < -0.3 is 0 Å². The molecule has 3 heterocycles. The fraction of sp³-hybridized carbons (Fsp3) is 0.273. The highest BCUT2D eigenvalue weighted by Gasteiger charge is 2.30. The smallest absolute Gasteiger partial charge is 0.199 e. The van der Waals surface area contributed by atoms with Crippen molar-refractivity contribution >= 4 is 34.9 Å². The van der Waals surface area contributed by atoms with Crippen LogP contribution in [0, 0.1) is 4.77 Å². The van der Waals surface area contributed by atoms with Crippen LogP contribution in [0.4, 0.5) is 0 Å². The zero-order chi connectivity index (χ0) is 19.6. The molecule has 4 aromatic rings. The van der Waals surface area contributed by atoms with Crippen molar-refractivity contribution in [3.05, 3.63) is 80.6 Å². The van der Waals surface area contributed by atoms with Crippen molar-refractivity contribution in [1.29, 1.82) is 0 Å². The zero-order valence-electron chi connectivity index (χ0n) is 16.0. The SMILES string of the molecule is S=c1n(CN(Cc2cccs2)C2CC2)nc(-c2cccs2)n1Cc1ccccc1. The third kappa shape index (κ3) is 4.28. The maximum Gasteiger partial charge on any atom is 0.199 e. The summed E-state index contributed by atoms with van der Waals surface area (Å²) in [5.74, 6) is 0.959. The second-order valence-electron chi connectivity index (χ2n) is 7.35. The van der Waals surface area contributed by atoms with E-state index in [9.17, 15) is 0 Å². The van der Waals surface area contributed by atoms with Gasteiger partial charge in [0.05, 0.1) is 18.1 Å². The molecule has 0 saturated heterocycles. The quantitative estimate of drug-likeness (QED) is 0.322. The Morgan fingerprint density at radius 3 is 2.48 bits per heavy atom. The number of hydrogen-bond acceptors (Lipinski definition) is 5. The first kappa shape index (κ1) is 18.9. The number of aromatic nitrogens is 3. The first-order valence-electron chi connectivity index (χ1n) is 9.80. The van der Waals surface area contributed by atoms with E-state index in [0.29, 0.717) is 6.04 Å². The fourth-order valence-electron chi connectivity index (χ4n) is 3.54. The van der Waals surface area contributed by atoms with Crippen LogP contribution in [0.1, 0.15) is 23.3 Å². The molecule has 3 aromatic heterocycles. The van der Waals surface area contributed by atoms with Gasteiger partial charge in [-0.1, -0.05) is 42.5 Å². The Morgan fingerprint density at radius 2 is 1.79 bits per heavy atom. The lowest BCUT2D eigenvalue weighted by atomic mass is 10.2. The van der Waals surface area contributed by atoms with E-state index in [-0.39, 0.29) is 0 Å². The average molecular weight is 439 g/mol. The zero-order valence-corrected chi connectivity index (χ0v) is 18.4. The molecule has 0 aliphatic heterocycles. The molecule has 7 heteroatoms. The molecule has 0 spiro atoms. The van der Waals surface area contributed by atoms with E-state index in [4.69, 9.17) is 17.3 Å². The highest BCUT2D eigenvalue weighted by Crippen LogP contribution is 2.30. The van der Waals surface area contributed by atoms with E-state index in [1.807, 2.05) is 22.1 Å². The first-order chi connectivity index (χ1) is 14.3. The van der Waals surface area contributed by atoms with Crippen LogP contribution in [0.5, 0.6) is 0 Å². The Morgan fingerprint density at radius 1 is 1.00 bits per heavy atom. The minimum atomic E-state index is 0.642. The summed E-state index contributed by atoms with van der Waals surface area (Å²) < 4.78 is 4.97. The first-order valence-corrected chi connectivity index (χ1v) is 12.0. The number of rotatable bonds is 8. The molecular weight excluding hydrogens is 416 g/mol. The van der Waals surface area contributed by atoms with E-state index in [1.54, 1.807) is 11.3 Å². The Balaban J connectivity index is 1.48. The highest BCUT2D eigenvalue weighted by molar-refractivity contribution is 7.71. The summed E-state index contributed by atoms with van der Waals surface area (Å²) in [5, 5.41) is 9.22. The van der Waals surface area contributed by atoms with Crippen molar-refractivity contribution in [2.75, 3.05) is 0 Å². The van der Waals surface area contributed by atoms with Gasteiger partial charge >= 0.3 is 0 Å². The predicted molar refractivity (Wildman–Crippen MR) is 123 cm³/mol. The molecule has 0 bridgehead atoms. The third-order valence-corrected chi connectivity index (χ3v) is 7.32. The standard InChI is InChI=1S/C22H22N4S3/c27-22-25(14-17-6-2-1-3-7-17)21(20-9-5-13-29-20)23-26(22)16-24(18-10-11-18)15-19-8-4-12-28-19/h1-9,12-13,18H,10-11,14-16H2. The van der Waals surface area contributed by atoms with Gasteiger partial charge in [0.1, 0.15) is 0 Å². The van der Waals surface area contributed by atoms with Crippen molar-refractivity contribution in [2.45, 2.75) is 38.6 Å². The normalized spacial score (nSPS) is 14.0. The highest BCUT2D eigenvalue weighted by atomic mass is 32.1. The van der Waals surface area contributed by atoms with Gasteiger partial charge in [-0.15, -0.1) is 27.8 Å². The topological polar surface area (TPSA) is 26.0 Å². The van der Waals surface area contributed by atoms with E-state index in [0.717, 1.165) is 35.2 Å². The molecule has 0 amide bonds. The Labute approximate surface area is 183 Å². The van der Waals surface area contributed by atoms with Crippen LogP contribution in [0.3, 0.4) is 0 Å². The molecule has 1 aliphatic carbocycles. The summed E-state index contributed by atoms with van der Waals surface area (Å²) in [4.78, 5) is 5.06. The van der Waals surface area contributed by atoms with E-state index in [2.05, 4.69) is 68.8 Å². The van der Waals surface area contributed by atoms with E-state index >= 15 is 0 Å². The second kappa shape index (κ2) is 8.36. The van der Waals surface area contributed by atoms with E-state index < -0.39 is 0 Å². The van der Waals surface area contributed by atoms with Crippen LogP contribution >= 0.6 is 34.9 Å². The average Bonchev–Trinajstić information content (AvgIpc) is 3.11. The minimum Gasteiger partial charge on any atom is -0.295 e. The maximum absolute atomic E-state index is 5.90. The van der Waals surface area contributed by atoms with E-state index in [1.165, 1.54) is 23.3 Å². The van der Waals surface area contributed by atoms with Gasteiger partial charge in [0, 0.05) is 17.5 Å². The van der Waals surface area contributed by atoms with Gasteiger partial charge in [-0.3, -0.25) is 9.47 Å². The Kier molecular flexibility index (Phi) is 5.46. The number of nitrogens with zero attached hydrogens (tertiary/aromatic N) is 4. The van der Waals surface area contributed by atoms with Gasteiger partial charge in [-0.2, -0.15) is 0 Å². The molecule has 0 N–H and O–H groups in total. The molecule has 1 saturated carbocycles. The summed E-state index contributed by atoms with van der Waals surface area (Å²) in [5.41, 5.74) is 1.23. The van der Waals surface area contributed by atoms with Gasteiger partial charge in [-0.25, -0.2) is 4.68 Å². The van der Waals surface area contributed by atoms with Crippen LogP contribution < -0.4 is 0 Å². The lowest BCUT2D eigenvalue weighted by Crippen LogP contribution is -2.28. The Hall–Kier alpha value is -2.06. The summed E-state index contributed by atoms with van der Waals surface area (Å²) >= 11 is 9.43. The molecule has 0 unspecified atom stereocenters. The molecule has 1 fully saturated rings. The van der Waals surface area contributed by atoms with Crippen molar-refractivity contribution in [3.63, 3.8) is 0 Å². The number of thiophene rings is 2. The van der Waals surface area contributed by atoms with Crippen molar-refractivity contribution in [3.8, 4) is 10.7 Å². The van der Waals surface area contributed by atoms with Gasteiger partial charge in [0.25, 0.3) is 0 Å². The molecule has 0 atom stereocenters. The summed E-state index contributed by atoms with van der Waals surface area (Å²) in [6, 6.07) is 19.7. The Bertz CT molecular complexity index is 1110. The van der Waals surface area contributed by atoms with Gasteiger partial charge in [0.15, 0.2) is 10.6 Å². The van der Waals surface area contributed by atoms with Crippen LogP contribution in [-0.4, -0.2) is 25.3 Å². The fourth-order valence-corrected chi connectivity index (χ4v) is 5.24. The molecule has 5 rings (SSSR count). The molecule has 0 radical (unpaired) electrons. The third-order valence-electron chi connectivity index (χ3n) is 5.17. The van der Waals surface area contributed by atoms with Crippen molar-refractivity contribution in [2.24, 2.45) is 0 Å². The summed E-state index contributed by atoms with van der Waals surface area (Å²) in [6.45, 7) is 2.44. The second-order valence-corrected chi connectivity index (χ2v) is 9.70. The lowest BCUT2D eigenvalue weighted by molar-refractivity contribution is 0.188.